The van der Waals surface area contributed by atoms with E-state index in [1.165, 1.54) is 12.1 Å². The molecule has 1 fully saturated rings. The van der Waals surface area contributed by atoms with E-state index in [2.05, 4.69) is 5.32 Å². The first-order valence-corrected chi connectivity index (χ1v) is 7.54. The van der Waals surface area contributed by atoms with E-state index >= 15 is 0 Å². The number of halogens is 1. The summed E-state index contributed by atoms with van der Waals surface area (Å²) in [5.74, 6) is -0.392. The molecule has 1 aromatic carbocycles. The van der Waals surface area contributed by atoms with Crippen LogP contribution >= 0.6 is 0 Å². The zero-order chi connectivity index (χ0) is 15.9. The average Bonchev–Trinajstić information content (AvgIpc) is 2.50. The number of nitrogens with zero attached hydrogens (tertiary/aromatic N) is 1. The zero-order valence-electron chi connectivity index (χ0n) is 12.7. The van der Waals surface area contributed by atoms with E-state index in [4.69, 9.17) is 4.74 Å². The van der Waals surface area contributed by atoms with Crippen LogP contribution in [0, 0.1) is 5.82 Å². The molecule has 0 unspecified atom stereocenters. The summed E-state index contributed by atoms with van der Waals surface area (Å²) in [7, 11) is 0. The van der Waals surface area contributed by atoms with Crippen LogP contribution in [0.15, 0.2) is 24.3 Å². The van der Waals surface area contributed by atoms with E-state index in [1.54, 1.807) is 24.0 Å². The van der Waals surface area contributed by atoms with Crippen molar-refractivity contribution in [3.05, 3.63) is 35.6 Å². The topological polar surface area (TPSA) is 58.6 Å². The molecule has 0 atom stereocenters. The van der Waals surface area contributed by atoms with Crippen molar-refractivity contribution >= 4 is 12.0 Å². The molecule has 0 bridgehead atoms. The molecule has 1 aliphatic rings. The third-order valence-corrected chi connectivity index (χ3v) is 3.66. The zero-order valence-corrected chi connectivity index (χ0v) is 12.7. The van der Waals surface area contributed by atoms with E-state index in [0.29, 0.717) is 32.5 Å². The second-order valence-corrected chi connectivity index (χ2v) is 5.33. The van der Waals surface area contributed by atoms with Crippen LogP contribution in [-0.2, 0) is 16.0 Å². The summed E-state index contributed by atoms with van der Waals surface area (Å²) >= 11 is 0. The fourth-order valence-corrected chi connectivity index (χ4v) is 2.49. The van der Waals surface area contributed by atoms with E-state index < -0.39 is 0 Å². The number of ether oxygens (including phenoxy) is 1. The minimum absolute atomic E-state index is 0.0682. The van der Waals surface area contributed by atoms with Gasteiger partial charge < -0.3 is 15.0 Å². The number of piperidine rings is 1. The quantitative estimate of drug-likeness (QED) is 0.927. The number of rotatable bonds is 4. The largest absolute Gasteiger partial charge is 0.450 e. The van der Waals surface area contributed by atoms with E-state index in [0.717, 1.165) is 5.56 Å². The first kappa shape index (κ1) is 16.3. The molecule has 2 rings (SSSR count). The Morgan fingerprint density at radius 2 is 1.91 bits per heavy atom. The molecule has 1 saturated heterocycles. The molecule has 6 heteroatoms. The highest BCUT2D eigenvalue weighted by atomic mass is 19.1. The summed E-state index contributed by atoms with van der Waals surface area (Å²) in [4.78, 5) is 25.2. The van der Waals surface area contributed by atoms with Gasteiger partial charge in [0.15, 0.2) is 0 Å². The third kappa shape index (κ3) is 4.72. The van der Waals surface area contributed by atoms with E-state index in [9.17, 15) is 14.0 Å². The predicted molar refractivity (Wildman–Crippen MR) is 79.9 cm³/mol. The number of carbonyl (C=O) groups is 2. The Hall–Kier alpha value is -2.11. The van der Waals surface area contributed by atoms with Gasteiger partial charge in [0.25, 0.3) is 0 Å². The van der Waals surface area contributed by atoms with Crippen molar-refractivity contribution in [1.82, 2.24) is 10.2 Å². The van der Waals surface area contributed by atoms with Crippen LogP contribution in [-0.4, -0.2) is 42.6 Å². The molecule has 0 aromatic heterocycles. The molecule has 0 radical (unpaired) electrons. The fourth-order valence-electron chi connectivity index (χ4n) is 2.49. The van der Waals surface area contributed by atoms with Crippen molar-refractivity contribution in [3.63, 3.8) is 0 Å². The Kier molecular flexibility index (Phi) is 5.75. The van der Waals surface area contributed by atoms with Gasteiger partial charge in [-0.15, -0.1) is 0 Å². The van der Waals surface area contributed by atoms with Crippen LogP contribution in [0.3, 0.4) is 0 Å². The van der Waals surface area contributed by atoms with Crippen LogP contribution in [0.2, 0.25) is 0 Å². The highest BCUT2D eigenvalue weighted by Gasteiger charge is 2.24. The molecule has 1 aromatic rings. The summed E-state index contributed by atoms with van der Waals surface area (Å²) in [5.41, 5.74) is 0.780. The maximum absolute atomic E-state index is 12.8. The molecule has 1 aliphatic heterocycles. The highest BCUT2D eigenvalue weighted by molar-refractivity contribution is 5.78. The number of benzene rings is 1. The monoisotopic (exact) mass is 308 g/mol. The van der Waals surface area contributed by atoms with Gasteiger partial charge in [0, 0.05) is 19.1 Å². The number of hydrogen-bond acceptors (Lipinski definition) is 3. The standard InChI is InChI=1S/C16H21FN2O3/c1-2-22-16(21)19-9-7-14(8-10-19)18-15(20)11-12-3-5-13(17)6-4-12/h3-6,14H,2,7-11H2,1H3,(H,18,20). The van der Waals surface area contributed by atoms with Crippen molar-refractivity contribution in [2.24, 2.45) is 0 Å². The summed E-state index contributed by atoms with van der Waals surface area (Å²) in [6.45, 7) is 3.31. The predicted octanol–water partition coefficient (Wildman–Crippen LogP) is 2.11. The maximum atomic E-state index is 12.8. The molecule has 5 nitrogen and oxygen atoms in total. The number of likely N-dealkylation sites (tertiary alicyclic amines) is 1. The van der Waals surface area contributed by atoms with Gasteiger partial charge in [-0.1, -0.05) is 12.1 Å². The SMILES string of the molecule is CCOC(=O)N1CCC(NC(=O)Cc2ccc(F)cc2)CC1. The van der Waals surface area contributed by atoms with Crippen molar-refractivity contribution in [3.8, 4) is 0 Å². The number of nitrogens with one attached hydrogen (secondary N) is 1. The number of carbonyl (C=O) groups excluding carboxylic acids is 2. The lowest BCUT2D eigenvalue weighted by Gasteiger charge is -2.31. The van der Waals surface area contributed by atoms with Gasteiger partial charge in [0.1, 0.15) is 5.82 Å². The third-order valence-electron chi connectivity index (χ3n) is 3.66. The second kappa shape index (κ2) is 7.77. The lowest BCUT2D eigenvalue weighted by Crippen LogP contribution is -2.47. The molecule has 0 spiro atoms. The first-order chi connectivity index (χ1) is 10.6. The molecule has 22 heavy (non-hydrogen) atoms. The lowest BCUT2D eigenvalue weighted by molar-refractivity contribution is -0.121. The molecule has 120 valence electrons. The minimum atomic E-state index is -0.310. The van der Waals surface area contributed by atoms with E-state index in [-0.39, 0.29) is 30.3 Å². The van der Waals surface area contributed by atoms with Gasteiger partial charge in [0.2, 0.25) is 5.91 Å². The summed E-state index contributed by atoms with van der Waals surface area (Å²) in [5, 5.41) is 2.96. The maximum Gasteiger partial charge on any atom is 0.409 e. The molecule has 0 aliphatic carbocycles. The Bertz CT molecular complexity index is 511. The Balaban J connectivity index is 1.74. The van der Waals surface area contributed by atoms with Crippen LogP contribution < -0.4 is 5.32 Å². The van der Waals surface area contributed by atoms with Crippen LogP contribution in [0.25, 0.3) is 0 Å². The van der Waals surface area contributed by atoms with Gasteiger partial charge in [-0.3, -0.25) is 4.79 Å². The molecule has 0 saturated carbocycles. The molecular formula is C16H21FN2O3. The minimum Gasteiger partial charge on any atom is -0.450 e. The molecular weight excluding hydrogens is 287 g/mol. The average molecular weight is 308 g/mol. The van der Waals surface area contributed by atoms with Gasteiger partial charge in [0.05, 0.1) is 13.0 Å². The van der Waals surface area contributed by atoms with Gasteiger partial charge >= 0.3 is 6.09 Å². The van der Waals surface area contributed by atoms with Gasteiger partial charge in [-0.2, -0.15) is 0 Å². The molecule has 1 N–H and O–H groups in total. The summed E-state index contributed by atoms with van der Waals surface area (Å²) < 4.78 is 17.8. The first-order valence-electron chi connectivity index (χ1n) is 7.54. The van der Waals surface area contributed by atoms with Crippen LogP contribution in [0.1, 0.15) is 25.3 Å². The van der Waals surface area contributed by atoms with Crippen molar-refractivity contribution in [2.75, 3.05) is 19.7 Å². The fraction of sp³-hybridized carbons (Fsp3) is 0.500. The lowest BCUT2D eigenvalue weighted by atomic mass is 10.0. The Morgan fingerprint density at radius 3 is 2.50 bits per heavy atom. The van der Waals surface area contributed by atoms with Crippen LogP contribution in [0.4, 0.5) is 9.18 Å². The summed E-state index contributed by atoms with van der Waals surface area (Å²) in [6.07, 6.45) is 1.37. The smallest absolute Gasteiger partial charge is 0.409 e. The van der Waals surface area contributed by atoms with Gasteiger partial charge in [-0.05, 0) is 37.5 Å². The van der Waals surface area contributed by atoms with E-state index in [1.807, 2.05) is 0 Å². The Labute approximate surface area is 129 Å². The summed E-state index contributed by atoms with van der Waals surface area (Å²) in [6, 6.07) is 5.98. The molecule has 2 amide bonds. The highest BCUT2D eigenvalue weighted by Crippen LogP contribution is 2.12. The number of amides is 2. The van der Waals surface area contributed by atoms with Crippen molar-refractivity contribution < 1.29 is 18.7 Å². The normalized spacial score (nSPS) is 15.5. The van der Waals surface area contributed by atoms with Crippen LogP contribution in [0.5, 0.6) is 0 Å². The molecule has 1 heterocycles. The van der Waals surface area contributed by atoms with Gasteiger partial charge in [-0.25, -0.2) is 9.18 Å². The number of hydrogen-bond donors (Lipinski definition) is 1. The Morgan fingerprint density at radius 1 is 1.27 bits per heavy atom. The van der Waals surface area contributed by atoms with Crippen molar-refractivity contribution in [1.29, 1.82) is 0 Å². The second-order valence-electron chi connectivity index (χ2n) is 5.33. The van der Waals surface area contributed by atoms with Crippen molar-refractivity contribution in [2.45, 2.75) is 32.2 Å².